The van der Waals surface area contributed by atoms with E-state index in [-0.39, 0.29) is 18.0 Å². The highest BCUT2D eigenvalue weighted by atomic mass is 19.1. The van der Waals surface area contributed by atoms with Crippen molar-refractivity contribution in [2.75, 3.05) is 6.61 Å². The Kier molecular flexibility index (Phi) is 3.31. The van der Waals surface area contributed by atoms with Crippen LogP contribution >= 0.6 is 0 Å². The van der Waals surface area contributed by atoms with Crippen LogP contribution in [-0.2, 0) is 4.74 Å². The van der Waals surface area contributed by atoms with Gasteiger partial charge in [0.05, 0.1) is 12.8 Å². The maximum Gasteiger partial charge on any atom is 0.360 e. The standard InChI is InChI=1S/C11H9F2N3O2/c1-2-18-11(17)9-6-14-16(15-9)10-4-3-7(12)5-8(10)13/h3-6H,2H2,1H3. The molecule has 7 heteroatoms. The molecule has 1 aromatic carbocycles. The van der Waals surface area contributed by atoms with E-state index >= 15 is 0 Å². The van der Waals surface area contributed by atoms with Crippen molar-refractivity contribution in [2.45, 2.75) is 6.92 Å². The number of halogens is 2. The van der Waals surface area contributed by atoms with E-state index in [0.717, 1.165) is 17.1 Å². The number of aromatic nitrogens is 3. The first-order valence-corrected chi connectivity index (χ1v) is 5.16. The van der Waals surface area contributed by atoms with Gasteiger partial charge in [0.25, 0.3) is 0 Å². The van der Waals surface area contributed by atoms with Crippen LogP contribution in [0.5, 0.6) is 0 Å². The van der Waals surface area contributed by atoms with E-state index in [1.54, 1.807) is 6.92 Å². The number of hydrogen-bond acceptors (Lipinski definition) is 4. The van der Waals surface area contributed by atoms with Crippen LogP contribution in [0.4, 0.5) is 8.78 Å². The zero-order valence-corrected chi connectivity index (χ0v) is 9.43. The minimum absolute atomic E-state index is 0.0411. The summed E-state index contributed by atoms with van der Waals surface area (Å²) in [5, 5.41) is 7.48. The Morgan fingerprint density at radius 2 is 2.22 bits per heavy atom. The predicted molar refractivity (Wildman–Crippen MR) is 57.2 cm³/mol. The molecule has 94 valence electrons. The molecule has 0 radical (unpaired) electrons. The van der Waals surface area contributed by atoms with Crippen molar-refractivity contribution in [2.24, 2.45) is 0 Å². The second kappa shape index (κ2) is 4.91. The fraction of sp³-hybridized carbons (Fsp3) is 0.182. The molecule has 0 N–H and O–H groups in total. The van der Waals surface area contributed by atoms with Gasteiger partial charge in [-0.1, -0.05) is 0 Å². The van der Waals surface area contributed by atoms with Crippen molar-refractivity contribution in [1.82, 2.24) is 15.0 Å². The number of esters is 1. The third-order valence-electron chi connectivity index (χ3n) is 2.10. The van der Waals surface area contributed by atoms with Gasteiger partial charge in [0.1, 0.15) is 11.5 Å². The summed E-state index contributed by atoms with van der Waals surface area (Å²) in [5.41, 5.74) is -0.0903. The molecule has 5 nitrogen and oxygen atoms in total. The smallest absolute Gasteiger partial charge is 0.360 e. The predicted octanol–water partition coefficient (Wildman–Crippen LogP) is 1.72. The minimum Gasteiger partial charge on any atom is -0.461 e. The van der Waals surface area contributed by atoms with Crippen LogP contribution in [-0.4, -0.2) is 27.6 Å². The third-order valence-corrected chi connectivity index (χ3v) is 2.10. The van der Waals surface area contributed by atoms with Crippen molar-refractivity contribution in [1.29, 1.82) is 0 Å². The summed E-state index contributed by atoms with van der Waals surface area (Å²) in [6, 6.07) is 2.97. The van der Waals surface area contributed by atoms with E-state index in [2.05, 4.69) is 10.2 Å². The molecule has 0 unspecified atom stereocenters. The Morgan fingerprint density at radius 3 is 2.89 bits per heavy atom. The fourth-order valence-electron chi connectivity index (χ4n) is 1.32. The summed E-state index contributed by atoms with van der Waals surface area (Å²) in [6.07, 6.45) is 1.15. The average Bonchev–Trinajstić information content (AvgIpc) is 2.78. The Morgan fingerprint density at radius 1 is 1.44 bits per heavy atom. The number of rotatable bonds is 3. The van der Waals surface area contributed by atoms with Crippen molar-refractivity contribution >= 4 is 5.97 Å². The van der Waals surface area contributed by atoms with Crippen LogP contribution in [0, 0.1) is 11.6 Å². The fourth-order valence-corrected chi connectivity index (χ4v) is 1.32. The normalized spacial score (nSPS) is 10.4. The van der Waals surface area contributed by atoms with Crippen molar-refractivity contribution in [3.63, 3.8) is 0 Å². The summed E-state index contributed by atoms with van der Waals surface area (Å²) in [6.45, 7) is 1.86. The van der Waals surface area contributed by atoms with Gasteiger partial charge in [0, 0.05) is 6.07 Å². The first-order chi connectivity index (χ1) is 8.61. The monoisotopic (exact) mass is 253 g/mol. The van der Waals surface area contributed by atoms with Crippen molar-refractivity contribution in [3.8, 4) is 5.69 Å². The van der Waals surface area contributed by atoms with Gasteiger partial charge in [-0.15, -0.1) is 9.90 Å². The lowest BCUT2D eigenvalue weighted by Crippen LogP contribution is -2.07. The zero-order valence-electron chi connectivity index (χ0n) is 9.43. The highest BCUT2D eigenvalue weighted by Gasteiger charge is 2.14. The zero-order chi connectivity index (χ0) is 13.1. The highest BCUT2D eigenvalue weighted by Crippen LogP contribution is 2.13. The van der Waals surface area contributed by atoms with Gasteiger partial charge in [0.2, 0.25) is 0 Å². The molecule has 0 saturated heterocycles. The number of carbonyl (C=O) groups is 1. The van der Waals surface area contributed by atoms with Gasteiger partial charge in [-0.2, -0.15) is 5.10 Å². The van der Waals surface area contributed by atoms with E-state index < -0.39 is 17.6 Å². The molecule has 0 aliphatic rings. The Bertz CT molecular complexity index is 583. The number of carbonyl (C=O) groups excluding carboxylic acids is 1. The van der Waals surface area contributed by atoms with Crippen LogP contribution in [0.1, 0.15) is 17.4 Å². The van der Waals surface area contributed by atoms with Crippen LogP contribution in [0.3, 0.4) is 0 Å². The minimum atomic E-state index is -0.819. The molecule has 2 rings (SSSR count). The third kappa shape index (κ3) is 2.34. The largest absolute Gasteiger partial charge is 0.461 e. The molecule has 0 aliphatic heterocycles. The molecular weight excluding hydrogens is 244 g/mol. The van der Waals surface area contributed by atoms with Gasteiger partial charge in [0.15, 0.2) is 11.5 Å². The number of benzene rings is 1. The number of nitrogens with zero attached hydrogens (tertiary/aromatic N) is 3. The van der Waals surface area contributed by atoms with Gasteiger partial charge < -0.3 is 4.74 Å². The first kappa shape index (κ1) is 12.2. The van der Waals surface area contributed by atoms with Gasteiger partial charge in [-0.05, 0) is 19.1 Å². The maximum absolute atomic E-state index is 13.4. The van der Waals surface area contributed by atoms with Crippen LogP contribution < -0.4 is 0 Å². The molecule has 0 aliphatic carbocycles. The van der Waals surface area contributed by atoms with E-state index in [1.165, 1.54) is 6.07 Å². The molecule has 0 amide bonds. The maximum atomic E-state index is 13.4. The van der Waals surface area contributed by atoms with Gasteiger partial charge in [-0.25, -0.2) is 13.6 Å². The molecule has 18 heavy (non-hydrogen) atoms. The molecular formula is C11H9F2N3O2. The van der Waals surface area contributed by atoms with Gasteiger partial charge >= 0.3 is 5.97 Å². The van der Waals surface area contributed by atoms with E-state index in [0.29, 0.717) is 6.07 Å². The van der Waals surface area contributed by atoms with Gasteiger partial charge in [-0.3, -0.25) is 0 Å². The highest BCUT2D eigenvalue weighted by molar-refractivity contribution is 5.86. The first-order valence-electron chi connectivity index (χ1n) is 5.16. The molecule has 0 saturated carbocycles. The summed E-state index contributed by atoms with van der Waals surface area (Å²) in [5.74, 6) is -2.17. The quantitative estimate of drug-likeness (QED) is 0.781. The Hall–Kier alpha value is -2.31. The lowest BCUT2D eigenvalue weighted by Gasteiger charge is -2.01. The molecule has 0 bridgehead atoms. The summed E-state index contributed by atoms with van der Waals surface area (Å²) in [7, 11) is 0. The average molecular weight is 253 g/mol. The molecule has 1 heterocycles. The van der Waals surface area contributed by atoms with Crippen molar-refractivity contribution in [3.05, 3.63) is 41.7 Å². The Labute approximate surface area is 101 Å². The second-order valence-electron chi connectivity index (χ2n) is 3.34. The second-order valence-corrected chi connectivity index (χ2v) is 3.34. The number of hydrogen-bond donors (Lipinski definition) is 0. The Balaban J connectivity index is 2.32. The molecule has 0 spiro atoms. The lowest BCUT2D eigenvalue weighted by atomic mass is 10.3. The SMILES string of the molecule is CCOC(=O)c1cnn(-c2ccc(F)cc2F)n1. The summed E-state index contributed by atoms with van der Waals surface area (Å²) in [4.78, 5) is 12.2. The van der Waals surface area contributed by atoms with Crippen molar-refractivity contribution < 1.29 is 18.3 Å². The topological polar surface area (TPSA) is 57.0 Å². The van der Waals surface area contributed by atoms with E-state index in [9.17, 15) is 13.6 Å². The van der Waals surface area contributed by atoms with Crippen LogP contribution in [0.15, 0.2) is 24.4 Å². The van der Waals surface area contributed by atoms with E-state index in [1.807, 2.05) is 0 Å². The molecule has 1 aromatic heterocycles. The number of ether oxygens (including phenoxy) is 1. The summed E-state index contributed by atoms with van der Waals surface area (Å²) >= 11 is 0. The molecule has 2 aromatic rings. The summed E-state index contributed by atoms with van der Waals surface area (Å²) < 4.78 is 30.9. The molecule has 0 atom stereocenters. The van der Waals surface area contributed by atoms with Crippen LogP contribution in [0.25, 0.3) is 5.69 Å². The van der Waals surface area contributed by atoms with E-state index in [4.69, 9.17) is 4.74 Å². The lowest BCUT2D eigenvalue weighted by molar-refractivity contribution is 0.0519. The molecule has 0 fully saturated rings. The van der Waals surface area contributed by atoms with Crippen LogP contribution in [0.2, 0.25) is 0 Å².